The second-order valence-corrected chi connectivity index (χ2v) is 3.53. The lowest BCUT2D eigenvalue weighted by Gasteiger charge is -2.06. The van der Waals surface area contributed by atoms with Crippen molar-refractivity contribution < 1.29 is 10.2 Å². The average molecular weight is 195 g/mol. The highest BCUT2D eigenvalue weighted by atomic mass is 16.3. The van der Waals surface area contributed by atoms with Crippen molar-refractivity contribution in [2.24, 2.45) is 5.73 Å². The standard InChI is InChI=1S/C11H17NO2/c1-8-6-9(4-2-3-5-12)7-10(13)11(8)14/h6-7,13-14H,2-5,12H2,1H3. The van der Waals surface area contributed by atoms with Gasteiger partial charge in [0.2, 0.25) is 0 Å². The van der Waals surface area contributed by atoms with Gasteiger partial charge in [0.15, 0.2) is 11.5 Å². The zero-order valence-corrected chi connectivity index (χ0v) is 8.45. The SMILES string of the molecule is Cc1cc(CCCCN)cc(O)c1O. The van der Waals surface area contributed by atoms with Crippen molar-refractivity contribution in [3.05, 3.63) is 23.3 Å². The molecule has 0 aliphatic carbocycles. The topological polar surface area (TPSA) is 66.5 Å². The van der Waals surface area contributed by atoms with Crippen molar-refractivity contribution in [3.63, 3.8) is 0 Å². The van der Waals surface area contributed by atoms with Crippen LogP contribution in [0.25, 0.3) is 0 Å². The van der Waals surface area contributed by atoms with Gasteiger partial charge < -0.3 is 15.9 Å². The molecule has 0 unspecified atom stereocenters. The first kappa shape index (κ1) is 10.9. The van der Waals surface area contributed by atoms with Gasteiger partial charge in [0.1, 0.15) is 0 Å². The van der Waals surface area contributed by atoms with E-state index >= 15 is 0 Å². The van der Waals surface area contributed by atoms with Crippen molar-refractivity contribution in [1.29, 1.82) is 0 Å². The molecule has 3 nitrogen and oxygen atoms in total. The van der Waals surface area contributed by atoms with Crippen LogP contribution in [-0.2, 0) is 6.42 Å². The van der Waals surface area contributed by atoms with Gasteiger partial charge in [-0.3, -0.25) is 0 Å². The summed E-state index contributed by atoms with van der Waals surface area (Å²) in [6, 6.07) is 3.50. The van der Waals surface area contributed by atoms with E-state index < -0.39 is 0 Å². The van der Waals surface area contributed by atoms with Crippen LogP contribution in [0.15, 0.2) is 12.1 Å². The van der Waals surface area contributed by atoms with E-state index in [1.165, 1.54) is 0 Å². The van der Waals surface area contributed by atoms with Crippen molar-refractivity contribution >= 4 is 0 Å². The van der Waals surface area contributed by atoms with E-state index in [1.807, 2.05) is 6.07 Å². The summed E-state index contributed by atoms with van der Waals surface area (Å²) >= 11 is 0. The van der Waals surface area contributed by atoms with Crippen molar-refractivity contribution in [2.75, 3.05) is 6.54 Å². The van der Waals surface area contributed by atoms with Gasteiger partial charge in [-0.2, -0.15) is 0 Å². The fraction of sp³-hybridized carbons (Fsp3) is 0.455. The van der Waals surface area contributed by atoms with Crippen LogP contribution >= 0.6 is 0 Å². The Hall–Kier alpha value is -1.22. The zero-order chi connectivity index (χ0) is 10.6. The van der Waals surface area contributed by atoms with Gasteiger partial charge in [-0.1, -0.05) is 6.07 Å². The van der Waals surface area contributed by atoms with Crippen molar-refractivity contribution in [3.8, 4) is 11.5 Å². The maximum Gasteiger partial charge on any atom is 0.160 e. The molecular weight excluding hydrogens is 178 g/mol. The van der Waals surface area contributed by atoms with E-state index in [1.54, 1.807) is 13.0 Å². The fourth-order valence-corrected chi connectivity index (χ4v) is 1.45. The summed E-state index contributed by atoms with van der Waals surface area (Å²) < 4.78 is 0. The van der Waals surface area contributed by atoms with Crippen LogP contribution < -0.4 is 5.73 Å². The Kier molecular flexibility index (Phi) is 3.77. The number of phenolic OH excluding ortho intramolecular Hbond substituents is 2. The van der Waals surface area contributed by atoms with E-state index in [-0.39, 0.29) is 11.5 Å². The summed E-state index contributed by atoms with van der Waals surface area (Å²) in [4.78, 5) is 0. The highest BCUT2D eigenvalue weighted by Gasteiger charge is 2.04. The largest absolute Gasteiger partial charge is 0.504 e. The van der Waals surface area contributed by atoms with Crippen molar-refractivity contribution in [2.45, 2.75) is 26.2 Å². The van der Waals surface area contributed by atoms with E-state index in [0.29, 0.717) is 12.1 Å². The molecule has 1 aromatic carbocycles. The molecule has 0 heterocycles. The Morgan fingerprint density at radius 3 is 2.50 bits per heavy atom. The maximum absolute atomic E-state index is 9.36. The number of aryl methyl sites for hydroxylation is 2. The third-order valence-corrected chi connectivity index (χ3v) is 2.26. The number of rotatable bonds is 4. The van der Waals surface area contributed by atoms with Crippen LogP contribution in [0.2, 0.25) is 0 Å². The molecule has 0 atom stereocenters. The molecule has 0 spiro atoms. The second-order valence-electron chi connectivity index (χ2n) is 3.53. The first-order valence-corrected chi connectivity index (χ1v) is 4.86. The highest BCUT2D eigenvalue weighted by molar-refractivity contribution is 5.46. The monoisotopic (exact) mass is 195 g/mol. The van der Waals surface area contributed by atoms with Crippen molar-refractivity contribution in [1.82, 2.24) is 0 Å². The second kappa shape index (κ2) is 4.86. The van der Waals surface area contributed by atoms with E-state index in [2.05, 4.69) is 0 Å². The molecule has 4 N–H and O–H groups in total. The minimum Gasteiger partial charge on any atom is -0.504 e. The fourth-order valence-electron chi connectivity index (χ4n) is 1.45. The lowest BCUT2D eigenvalue weighted by Crippen LogP contribution is -1.99. The molecule has 0 amide bonds. The molecule has 0 saturated heterocycles. The molecule has 1 rings (SSSR count). The summed E-state index contributed by atoms with van der Waals surface area (Å²) in [5, 5.41) is 18.7. The van der Waals surface area contributed by atoms with Gasteiger partial charge in [-0.05, 0) is 49.9 Å². The van der Waals surface area contributed by atoms with Crippen LogP contribution in [-0.4, -0.2) is 16.8 Å². The minimum absolute atomic E-state index is 0.0208. The van der Waals surface area contributed by atoms with Crippen LogP contribution in [0.4, 0.5) is 0 Å². The number of aromatic hydroxyl groups is 2. The molecule has 0 radical (unpaired) electrons. The number of nitrogens with two attached hydrogens (primary N) is 1. The summed E-state index contributed by atoms with van der Waals surface area (Å²) in [7, 11) is 0. The molecule has 3 heteroatoms. The lowest BCUT2D eigenvalue weighted by molar-refractivity contribution is 0.400. The summed E-state index contributed by atoms with van der Waals surface area (Å²) in [6.45, 7) is 2.48. The molecule has 78 valence electrons. The Morgan fingerprint density at radius 2 is 1.93 bits per heavy atom. The molecule has 0 bridgehead atoms. The molecule has 0 aliphatic rings. The molecule has 0 aromatic heterocycles. The summed E-state index contributed by atoms with van der Waals surface area (Å²) in [6.07, 6.45) is 2.90. The number of unbranched alkanes of at least 4 members (excludes halogenated alkanes) is 1. The zero-order valence-electron chi connectivity index (χ0n) is 8.45. The molecule has 14 heavy (non-hydrogen) atoms. The third-order valence-electron chi connectivity index (χ3n) is 2.26. The third kappa shape index (κ3) is 2.64. The Balaban J connectivity index is 2.69. The van der Waals surface area contributed by atoms with Gasteiger partial charge in [-0.15, -0.1) is 0 Å². The number of phenols is 2. The van der Waals surface area contributed by atoms with Gasteiger partial charge >= 0.3 is 0 Å². The van der Waals surface area contributed by atoms with E-state index in [4.69, 9.17) is 5.73 Å². The normalized spacial score (nSPS) is 10.4. The summed E-state index contributed by atoms with van der Waals surface area (Å²) in [5.74, 6) is -0.0553. The molecule has 1 aromatic rings. The Morgan fingerprint density at radius 1 is 1.21 bits per heavy atom. The predicted octanol–water partition coefficient (Wildman–Crippen LogP) is 1.69. The summed E-state index contributed by atoms with van der Waals surface area (Å²) in [5.41, 5.74) is 7.15. The van der Waals surface area contributed by atoms with Gasteiger partial charge in [0.25, 0.3) is 0 Å². The van der Waals surface area contributed by atoms with Gasteiger partial charge in [0, 0.05) is 0 Å². The molecular formula is C11H17NO2. The van der Waals surface area contributed by atoms with Gasteiger partial charge in [0.05, 0.1) is 0 Å². The Bertz CT molecular complexity index is 287. The highest BCUT2D eigenvalue weighted by Crippen LogP contribution is 2.30. The maximum atomic E-state index is 9.36. The average Bonchev–Trinajstić information content (AvgIpc) is 2.14. The molecule has 0 saturated carbocycles. The van der Waals surface area contributed by atoms with E-state index in [9.17, 15) is 10.2 Å². The number of hydrogen-bond acceptors (Lipinski definition) is 3. The first-order valence-electron chi connectivity index (χ1n) is 4.86. The minimum atomic E-state index is -0.0345. The quantitative estimate of drug-likeness (QED) is 0.506. The van der Waals surface area contributed by atoms with Crippen LogP contribution in [0.5, 0.6) is 11.5 Å². The predicted molar refractivity (Wildman–Crippen MR) is 56.5 cm³/mol. The van der Waals surface area contributed by atoms with E-state index in [0.717, 1.165) is 24.8 Å². The lowest BCUT2D eigenvalue weighted by atomic mass is 10.0. The molecule has 0 aliphatic heterocycles. The Labute approximate surface area is 84.2 Å². The number of benzene rings is 1. The van der Waals surface area contributed by atoms with Crippen LogP contribution in [0, 0.1) is 6.92 Å². The number of hydrogen-bond donors (Lipinski definition) is 3. The first-order chi connectivity index (χ1) is 6.65. The van der Waals surface area contributed by atoms with Gasteiger partial charge in [-0.25, -0.2) is 0 Å². The van der Waals surface area contributed by atoms with Crippen LogP contribution in [0.3, 0.4) is 0 Å². The molecule has 0 fully saturated rings. The smallest absolute Gasteiger partial charge is 0.160 e. The van der Waals surface area contributed by atoms with Crippen LogP contribution in [0.1, 0.15) is 24.0 Å².